The highest BCUT2D eigenvalue weighted by atomic mass is 35.5. The van der Waals surface area contributed by atoms with Crippen LogP contribution in [0.3, 0.4) is 0 Å². The Labute approximate surface area is 144 Å². The molecule has 0 fully saturated rings. The minimum Gasteiger partial charge on any atom is -0.495 e. The van der Waals surface area contributed by atoms with Gasteiger partial charge in [0.2, 0.25) is 0 Å². The quantitative estimate of drug-likeness (QED) is 0.865. The van der Waals surface area contributed by atoms with Gasteiger partial charge in [-0.3, -0.25) is 4.79 Å². The van der Waals surface area contributed by atoms with E-state index in [-0.39, 0.29) is 6.42 Å². The predicted octanol–water partition coefficient (Wildman–Crippen LogP) is 3.46. The van der Waals surface area contributed by atoms with Crippen molar-refractivity contribution in [1.29, 1.82) is 0 Å². The summed E-state index contributed by atoms with van der Waals surface area (Å²) >= 11 is 5.92. The molecule has 3 rings (SSSR count). The highest BCUT2D eigenvalue weighted by molar-refractivity contribution is 6.31. The van der Waals surface area contributed by atoms with Gasteiger partial charge in [-0.2, -0.15) is 0 Å². The summed E-state index contributed by atoms with van der Waals surface area (Å²) in [5.41, 5.74) is 0.334. The van der Waals surface area contributed by atoms with Crippen molar-refractivity contribution in [2.45, 2.75) is 18.9 Å². The molecule has 1 heterocycles. The summed E-state index contributed by atoms with van der Waals surface area (Å²) < 4.78 is 10.6. The Morgan fingerprint density at radius 2 is 2.04 bits per heavy atom. The lowest BCUT2D eigenvalue weighted by Gasteiger charge is -2.33. The third-order valence-electron chi connectivity index (χ3n) is 3.97. The first kappa shape index (κ1) is 16.3. The number of ether oxygens (including phenoxy) is 2. The fourth-order valence-corrected chi connectivity index (χ4v) is 2.85. The van der Waals surface area contributed by atoms with E-state index in [0.29, 0.717) is 22.0 Å². The number of anilines is 1. The second-order valence-electron chi connectivity index (χ2n) is 5.75. The van der Waals surface area contributed by atoms with Crippen molar-refractivity contribution in [3.8, 4) is 5.75 Å². The van der Waals surface area contributed by atoms with Gasteiger partial charge in [-0.1, -0.05) is 29.8 Å². The van der Waals surface area contributed by atoms with Gasteiger partial charge in [0.1, 0.15) is 5.75 Å². The lowest BCUT2D eigenvalue weighted by atomic mass is 9.89. The Bertz CT molecular complexity index is 820. The van der Waals surface area contributed by atoms with Crippen molar-refractivity contribution in [1.82, 2.24) is 0 Å². The van der Waals surface area contributed by atoms with Crippen LogP contribution >= 0.6 is 11.6 Å². The Kier molecular flexibility index (Phi) is 4.20. The number of para-hydroxylation sites is 2. The Morgan fingerprint density at radius 3 is 2.79 bits per heavy atom. The van der Waals surface area contributed by atoms with Gasteiger partial charge in [0.25, 0.3) is 5.91 Å². The van der Waals surface area contributed by atoms with Crippen molar-refractivity contribution < 1.29 is 19.1 Å². The normalized spacial score (nSPS) is 19.2. The molecule has 1 aliphatic rings. The van der Waals surface area contributed by atoms with E-state index in [1.165, 1.54) is 7.11 Å². The molecule has 0 radical (unpaired) electrons. The summed E-state index contributed by atoms with van der Waals surface area (Å²) in [4.78, 5) is 25.0. The second-order valence-corrected chi connectivity index (χ2v) is 6.19. The largest absolute Gasteiger partial charge is 0.495 e. The number of halogens is 1. The molecule has 0 spiro atoms. The van der Waals surface area contributed by atoms with Crippen LogP contribution in [0.25, 0.3) is 0 Å². The van der Waals surface area contributed by atoms with E-state index in [2.05, 4.69) is 5.32 Å². The summed E-state index contributed by atoms with van der Waals surface area (Å²) in [5.74, 6) is -0.443. The van der Waals surface area contributed by atoms with Crippen molar-refractivity contribution in [2.24, 2.45) is 0 Å². The fraction of sp³-hybridized carbons (Fsp3) is 0.222. The molecule has 5 nitrogen and oxygen atoms in total. The van der Waals surface area contributed by atoms with Gasteiger partial charge in [-0.15, -0.1) is 0 Å². The molecule has 0 saturated heterocycles. The highest BCUT2D eigenvalue weighted by Crippen LogP contribution is 2.32. The van der Waals surface area contributed by atoms with Crippen LogP contribution in [0, 0.1) is 0 Å². The van der Waals surface area contributed by atoms with Gasteiger partial charge in [0, 0.05) is 11.4 Å². The van der Waals surface area contributed by atoms with Gasteiger partial charge in [0.15, 0.2) is 5.60 Å². The van der Waals surface area contributed by atoms with Gasteiger partial charge < -0.3 is 14.8 Å². The Morgan fingerprint density at radius 1 is 1.29 bits per heavy atom. The Hall–Kier alpha value is -2.53. The number of hydrogen-bond donors (Lipinski definition) is 1. The van der Waals surface area contributed by atoms with Crippen LogP contribution in [0.15, 0.2) is 42.5 Å². The molecule has 1 atom stereocenters. The number of cyclic esters (lactones) is 1. The van der Waals surface area contributed by atoms with Gasteiger partial charge >= 0.3 is 5.97 Å². The average Bonchev–Trinajstić information content (AvgIpc) is 2.56. The highest BCUT2D eigenvalue weighted by Gasteiger charge is 2.43. The number of hydrogen-bond acceptors (Lipinski definition) is 4. The smallest absolute Gasteiger partial charge is 0.339 e. The maximum atomic E-state index is 12.7. The number of carbonyl (C=O) groups excluding carboxylic acids is 2. The number of nitrogens with one attached hydrogen (secondary N) is 1. The maximum absolute atomic E-state index is 12.7. The zero-order valence-corrected chi connectivity index (χ0v) is 14.0. The molecule has 0 saturated carbocycles. The minimum absolute atomic E-state index is 0.270. The van der Waals surface area contributed by atoms with Crippen LogP contribution in [0.1, 0.15) is 22.8 Å². The molecule has 0 aromatic heterocycles. The summed E-state index contributed by atoms with van der Waals surface area (Å²) in [6.45, 7) is 1.59. The van der Waals surface area contributed by atoms with Crippen molar-refractivity contribution >= 4 is 29.2 Å². The van der Waals surface area contributed by atoms with Crippen molar-refractivity contribution in [2.75, 3.05) is 12.4 Å². The lowest BCUT2D eigenvalue weighted by molar-refractivity contribution is -0.134. The summed E-state index contributed by atoms with van der Waals surface area (Å²) in [5, 5.41) is 3.22. The SMILES string of the molecule is COc1ccccc1NC(=O)[C@]1(C)Cc2ccc(Cl)cc2C(=O)O1. The molecule has 1 amide bonds. The topological polar surface area (TPSA) is 64.6 Å². The van der Waals surface area contributed by atoms with E-state index in [4.69, 9.17) is 21.1 Å². The molecule has 1 N–H and O–H groups in total. The first-order valence-electron chi connectivity index (χ1n) is 7.39. The third kappa shape index (κ3) is 2.95. The van der Waals surface area contributed by atoms with E-state index >= 15 is 0 Å². The number of rotatable bonds is 3. The number of methoxy groups -OCH3 is 1. The molecule has 24 heavy (non-hydrogen) atoms. The first-order chi connectivity index (χ1) is 11.4. The van der Waals surface area contributed by atoms with E-state index in [1.54, 1.807) is 49.4 Å². The molecular weight excluding hydrogens is 330 g/mol. The summed E-state index contributed by atoms with van der Waals surface area (Å²) in [7, 11) is 1.52. The standard InChI is InChI=1S/C18H16ClNO4/c1-18(17(22)20-14-5-3-4-6-15(14)23-2)10-11-7-8-12(19)9-13(11)16(21)24-18/h3-9H,10H2,1-2H3,(H,20,22)/t18-/m0/s1. The van der Waals surface area contributed by atoms with Gasteiger partial charge in [-0.05, 0) is 36.8 Å². The molecule has 0 bridgehead atoms. The van der Waals surface area contributed by atoms with Crippen LogP contribution in [0.5, 0.6) is 5.75 Å². The fourth-order valence-electron chi connectivity index (χ4n) is 2.68. The minimum atomic E-state index is -1.31. The number of amides is 1. The maximum Gasteiger partial charge on any atom is 0.339 e. The van der Waals surface area contributed by atoms with Crippen LogP contribution in [0.4, 0.5) is 5.69 Å². The van der Waals surface area contributed by atoms with Gasteiger partial charge in [0.05, 0.1) is 18.4 Å². The first-order valence-corrected chi connectivity index (χ1v) is 7.77. The number of benzene rings is 2. The van der Waals surface area contributed by atoms with Crippen LogP contribution in [-0.4, -0.2) is 24.6 Å². The van der Waals surface area contributed by atoms with E-state index in [1.807, 2.05) is 0 Å². The molecular formula is C18H16ClNO4. The predicted molar refractivity (Wildman–Crippen MR) is 90.6 cm³/mol. The lowest BCUT2D eigenvalue weighted by Crippen LogP contribution is -2.48. The van der Waals surface area contributed by atoms with E-state index in [0.717, 1.165) is 5.56 Å². The van der Waals surface area contributed by atoms with E-state index in [9.17, 15) is 9.59 Å². The Balaban J connectivity index is 1.87. The number of carbonyl (C=O) groups is 2. The molecule has 1 aliphatic heterocycles. The zero-order chi connectivity index (χ0) is 17.3. The van der Waals surface area contributed by atoms with Crippen molar-refractivity contribution in [3.63, 3.8) is 0 Å². The molecule has 6 heteroatoms. The van der Waals surface area contributed by atoms with Crippen molar-refractivity contribution in [3.05, 3.63) is 58.6 Å². The third-order valence-corrected chi connectivity index (χ3v) is 4.21. The molecule has 0 aliphatic carbocycles. The average molecular weight is 346 g/mol. The van der Waals surface area contributed by atoms with Crippen LogP contribution in [0.2, 0.25) is 5.02 Å². The molecule has 0 unspecified atom stereocenters. The zero-order valence-electron chi connectivity index (χ0n) is 13.3. The van der Waals surface area contributed by atoms with Crippen LogP contribution < -0.4 is 10.1 Å². The number of fused-ring (bicyclic) bond motifs is 1. The van der Waals surface area contributed by atoms with Gasteiger partial charge in [-0.25, -0.2) is 4.79 Å². The van der Waals surface area contributed by atoms with Crippen LogP contribution in [-0.2, 0) is 16.0 Å². The second kappa shape index (κ2) is 6.17. The molecule has 2 aromatic rings. The number of esters is 1. The molecule has 124 valence electrons. The summed E-state index contributed by atoms with van der Waals surface area (Å²) in [6, 6.07) is 12.0. The van der Waals surface area contributed by atoms with E-state index < -0.39 is 17.5 Å². The summed E-state index contributed by atoms with van der Waals surface area (Å²) in [6.07, 6.45) is 0.270. The molecule has 2 aromatic carbocycles. The monoisotopic (exact) mass is 345 g/mol.